The molecule has 0 saturated heterocycles. The van der Waals surface area contributed by atoms with Crippen LogP contribution in [0.25, 0.3) is 0 Å². The lowest BCUT2D eigenvalue weighted by atomic mass is 10.0. The third-order valence-corrected chi connectivity index (χ3v) is 3.96. The van der Waals surface area contributed by atoms with Crippen molar-refractivity contribution in [3.8, 4) is 0 Å². The SMILES string of the molecule is CC(=O)[C@H](CC(=O)CCc1ccccc1)NC(=O)OCc1ccccc1. The second-order valence-corrected chi connectivity index (χ2v) is 6.10. The first-order valence-corrected chi connectivity index (χ1v) is 8.58. The summed E-state index contributed by atoms with van der Waals surface area (Å²) in [4.78, 5) is 35.8. The van der Waals surface area contributed by atoms with E-state index in [1.54, 1.807) is 0 Å². The Morgan fingerprint density at radius 3 is 2.08 bits per heavy atom. The molecule has 2 aromatic rings. The molecule has 0 aliphatic carbocycles. The van der Waals surface area contributed by atoms with Crippen LogP contribution in [0.2, 0.25) is 0 Å². The molecule has 0 spiro atoms. The molecule has 0 fully saturated rings. The Bertz CT molecular complexity index is 671. The number of benzene rings is 2. The van der Waals surface area contributed by atoms with Crippen molar-refractivity contribution in [1.82, 2.24) is 5.32 Å². The normalized spacial score (nSPS) is 11.4. The zero-order valence-electron chi connectivity index (χ0n) is 14.8. The van der Waals surface area contributed by atoms with E-state index in [9.17, 15) is 14.4 Å². The largest absolute Gasteiger partial charge is 0.445 e. The van der Waals surface area contributed by atoms with E-state index >= 15 is 0 Å². The number of aryl methyl sites for hydroxylation is 1. The smallest absolute Gasteiger partial charge is 0.408 e. The highest BCUT2D eigenvalue weighted by Crippen LogP contribution is 2.07. The maximum absolute atomic E-state index is 12.1. The average molecular weight is 353 g/mol. The van der Waals surface area contributed by atoms with Gasteiger partial charge in [0.15, 0.2) is 5.78 Å². The van der Waals surface area contributed by atoms with Crippen molar-refractivity contribution in [1.29, 1.82) is 0 Å². The topological polar surface area (TPSA) is 72.5 Å². The van der Waals surface area contributed by atoms with Crippen LogP contribution in [0.1, 0.15) is 30.9 Å². The Kier molecular flexibility index (Phi) is 7.55. The molecule has 0 bridgehead atoms. The van der Waals surface area contributed by atoms with Gasteiger partial charge in [0.05, 0.1) is 6.04 Å². The summed E-state index contributed by atoms with van der Waals surface area (Å²) in [6.07, 6.45) is 0.213. The molecule has 2 rings (SSSR count). The maximum atomic E-state index is 12.1. The molecule has 0 aromatic heterocycles. The average Bonchev–Trinajstić information content (AvgIpc) is 2.66. The molecular formula is C21H23NO4. The quantitative estimate of drug-likeness (QED) is 0.749. The molecule has 1 atom stereocenters. The Balaban J connectivity index is 1.78. The van der Waals surface area contributed by atoms with Gasteiger partial charge in [0, 0.05) is 12.8 Å². The molecule has 5 nitrogen and oxygen atoms in total. The van der Waals surface area contributed by atoms with Gasteiger partial charge in [0.25, 0.3) is 0 Å². The van der Waals surface area contributed by atoms with Crippen molar-refractivity contribution in [2.45, 2.75) is 38.8 Å². The molecule has 0 radical (unpaired) electrons. The van der Waals surface area contributed by atoms with Crippen LogP contribution in [-0.2, 0) is 27.4 Å². The van der Waals surface area contributed by atoms with Crippen LogP contribution in [0.4, 0.5) is 4.79 Å². The third kappa shape index (κ3) is 6.89. The summed E-state index contributed by atoms with van der Waals surface area (Å²) in [5.41, 5.74) is 1.91. The predicted octanol–water partition coefficient (Wildman–Crippen LogP) is 3.46. The van der Waals surface area contributed by atoms with Crippen LogP contribution in [0.15, 0.2) is 60.7 Å². The summed E-state index contributed by atoms with van der Waals surface area (Å²) in [5, 5.41) is 2.48. The van der Waals surface area contributed by atoms with E-state index in [2.05, 4.69) is 5.32 Å². The van der Waals surface area contributed by atoms with E-state index < -0.39 is 12.1 Å². The van der Waals surface area contributed by atoms with E-state index in [0.29, 0.717) is 12.8 Å². The number of ketones is 2. The molecule has 0 heterocycles. The van der Waals surface area contributed by atoms with Crippen LogP contribution < -0.4 is 5.32 Å². The zero-order chi connectivity index (χ0) is 18.8. The summed E-state index contributed by atoms with van der Waals surface area (Å²) in [5.74, 6) is -0.341. The number of hydrogen-bond acceptors (Lipinski definition) is 4. The molecule has 0 saturated carbocycles. The fourth-order valence-corrected chi connectivity index (χ4v) is 2.46. The molecule has 26 heavy (non-hydrogen) atoms. The molecule has 136 valence electrons. The summed E-state index contributed by atoms with van der Waals surface area (Å²) in [6, 6.07) is 18.0. The van der Waals surface area contributed by atoms with E-state index in [4.69, 9.17) is 4.74 Å². The number of hydrogen-bond donors (Lipinski definition) is 1. The lowest BCUT2D eigenvalue weighted by Gasteiger charge is -2.15. The summed E-state index contributed by atoms with van der Waals surface area (Å²) < 4.78 is 5.11. The van der Waals surface area contributed by atoms with Crippen LogP contribution in [0, 0.1) is 0 Å². The molecule has 0 unspecified atom stereocenters. The molecule has 1 amide bonds. The van der Waals surface area contributed by atoms with Gasteiger partial charge in [-0.25, -0.2) is 4.79 Å². The standard InChI is InChI=1S/C21H23NO4/c1-16(23)20(14-19(24)13-12-17-8-4-2-5-9-17)22-21(25)26-15-18-10-6-3-7-11-18/h2-11,20H,12-15H2,1H3,(H,22,25)/t20-/m0/s1. The minimum absolute atomic E-state index is 0.0252. The fourth-order valence-electron chi connectivity index (χ4n) is 2.46. The van der Waals surface area contributed by atoms with Crippen LogP contribution in [0.5, 0.6) is 0 Å². The fraction of sp³-hybridized carbons (Fsp3) is 0.286. The molecule has 5 heteroatoms. The number of nitrogens with one attached hydrogen (secondary N) is 1. The number of alkyl carbamates (subject to hydrolysis) is 1. The van der Waals surface area contributed by atoms with Crippen molar-refractivity contribution in [3.05, 3.63) is 71.8 Å². The number of amides is 1. The van der Waals surface area contributed by atoms with E-state index in [0.717, 1.165) is 11.1 Å². The van der Waals surface area contributed by atoms with Gasteiger partial charge >= 0.3 is 6.09 Å². The summed E-state index contributed by atoms with van der Waals surface area (Å²) in [7, 11) is 0. The second kappa shape index (κ2) is 10.1. The Morgan fingerprint density at radius 2 is 1.50 bits per heavy atom. The molecule has 1 N–H and O–H groups in total. The Morgan fingerprint density at radius 1 is 0.923 bits per heavy atom. The minimum Gasteiger partial charge on any atom is -0.445 e. The van der Waals surface area contributed by atoms with Gasteiger partial charge in [-0.2, -0.15) is 0 Å². The maximum Gasteiger partial charge on any atom is 0.408 e. The van der Waals surface area contributed by atoms with Crippen LogP contribution in [-0.4, -0.2) is 23.7 Å². The Hall–Kier alpha value is -2.95. The highest BCUT2D eigenvalue weighted by molar-refractivity contribution is 5.91. The van der Waals surface area contributed by atoms with Gasteiger partial charge in [-0.05, 0) is 24.5 Å². The predicted molar refractivity (Wildman–Crippen MR) is 98.6 cm³/mol. The Labute approximate surface area is 153 Å². The van der Waals surface area contributed by atoms with Crippen molar-refractivity contribution in [3.63, 3.8) is 0 Å². The minimum atomic E-state index is -0.860. The number of carbonyl (C=O) groups is 3. The highest BCUT2D eigenvalue weighted by Gasteiger charge is 2.21. The first-order valence-electron chi connectivity index (χ1n) is 8.58. The van der Waals surface area contributed by atoms with Crippen molar-refractivity contribution < 1.29 is 19.1 Å². The van der Waals surface area contributed by atoms with Gasteiger partial charge in [-0.3, -0.25) is 9.59 Å². The number of carbonyl (C=O) groups excluding carboxylic acids is 3. The summed E-state index contributed by atoms with van der Waals surface area (Å²) >= 11 is 0. The highest BCUT2D eigenvalue weighted by atomic mass is 16.5. The molecular weight excluding hydrogens is 330 g/mol. The van der Waals surface area contributed by atoms with Gasteiger partial charge < -0.3 is 10.1 Å². The van der Waals surface area contributed by atoms with E-state index in [1.807, 2.05) is 60.7 Å². The number of Topliss-reactive ketones (excluding diaryl/α,β-unsaturated/α-hetero) is 2. The number of rotatable bonds is 9. The van der Waals surface area contributed by atoms with Gasteiger partial charge in [0.1, 0.15) is 12.4 Å². The van der Waals surface area contributed by atoms with Gasteiger partial charge in [0.2, 0.25) is 0 Å². The summed E-state index contributed by atoms with van der Waals surface area (Å²) in [6.45, 7) is 1.46. The zero-order valence-corrected chi connectivity index (χ0v) is 14.8. The van der Waals surface area contributed by atoms with Crippen molar-refractivity contribution in [2.24, 2.45) is 0 Å². The monoisotopic (exact) mass is 353 g/mol. The van der Waals surface area contributed by atoms with E-state index in [1.165, 1.54) is 6.92 Å². The third-order valence-electron chi connectivity index (χ3n) is 3.96. The first-order chi connectivity index (χ1) is 12.5. The lowest BCUT2D eigenvalue weighted by Crippen LogP contribution is -2.41. The first kappa shape index (κ1) is 19.4. The van der Waals surface area contributed by atoms with E-state index in [-0.39, 0.29) is 24.6 Å². The van der Waals surface area contributed by atoms with Crippen LogP contribution >= 0.6 is 0 Å². The molecule has 2 aromatic carbocycles. The van der Waals surface area contributed by atoms with Crippen LogP contribution in [0.3, 0.4) is 0 Å². The molecule has 0 aliphatic heterocycles. The van der Waals surface area contributed by atoms with Gasteiger partial charge in [-0.1, -0.05) is 60.7 Å². The van der Waals surface area contributed by atoms with Crippen molar-refractivity contribution in [2.75, 3.05) is 0 Å². The lowest BCUT2D eigenvalue weighted by molar-refractivity contribution is -0.124. The molecule has 0 aliphatic rings. The second-order valence-electron chi connectivity index (χ2n) is 6.10. The van der Waals surface area contributed by atoms with Crippen molar-refractivity contribution >= 4 is 17.7 Å². The number of ether oxygens (including phenoxy) is 1. The van der Waals surface area contributed by atoms with Gasteiger partial charge in [-0.15, -0.1) is 0 Å².